The summed E-state index contributed by atoms with van der Waals surface area (Å²) in [4.78, 5) is 13.1. The molecule has 78 valence electrons. The maximum absolute atomic E-state index is 11.4. The summed E-state index contributed by atoms with van der Waals surface area (Å²) in [5.41, 5.74) is 5.40. The van der Waals surface area contributed by atoms with Crippen LogP contribution < -0.4 is 5.73 Å². The minimum Gasteiger partial charge on any atom is -0.372 e. The fraction of sp³-hybridized carbons (Fsp3) is 0.889. The van der Waals surface area contributed by atoms with Crippen LogP contribution in [0.4, 0.5) is 0 Å². The summed E-state index contributed by atoms with van der Waals surface area (Å²) < 4.78 is 5.02. The van der Waals surface area contributed by atoms with Gasteiger partial charge in [0, 0.05) is 19.7 Å². The predicted molar refractivity (Wildman–Crippen MR) is 52.4 cm³/mol. The van der Waals surface area contributed by atoms with Crippen LogP contribution in [0.5, 0.6) is 0 Å². The second kappa shape index (κ2) is 6.86. The Bertz CT molecular complexity index is 151. The first-order valence-corrected chi connectivity index (χ1v) is 4.67. The average molecular weight is 188 g/mol. The number of nitrogens with zero attached hydrogens (tertiary/aromatic N) is 1. The van der Waals surface area contributed by atoms with Crippen LogP contribution in [0.1, 0.15) is 20.3 Å². The standard InChI is InChI=1S/C9H20N2O2/c1-4-13-7-9(12)11(3)8(2)5-6-10/h8H,4-7,10H2,1-3H3. The Morgan fingerprint density at radius 3 is 2.69 bits per heavy atom. The number of hydrogen-bond acceptors (Lipinski definition) is 3. The lowest BCUT2D eigenvalue weighted by molar-refractivity contribution is -0.136. The van der Waals surface area contributed by atoms with Crippen LogP contribution in [0.2, 0.25) is 0 Å². The van der Waals surface area contributed by atoms with Gasteiger partial charge in [0.15, 0.2) is 0 Å². The minimum atomic E-state index is 0.0165. The van der Waals surface area contributed by atoms with E-state index in [0.717, 1.165) is 6.42 Å². The Labute approximate surface area is 80.0 Å². The lowest BCUT2D eigenvalue weighted by Crippen LogP contribution is -2.38. The molecule has 1 amide bonds. The quantitative estimate of drug-likeness (QED) is 0.648. The molecule has 0 radical (unpaired) electrons. The van der Waals surface area contributed by atoms with Crippen LogP contribution in [0, 0.1) is 0 Å². The Morgan fingerprint density at radius 2 is 2.23 bits per heavy atom. The number of nitrogens with two attached hydrogens (primary N) is 1. The number of hydrogen-bond donors (Lipinski definition) is 1. The van der Waals surface area contributed by atoms with Crippen molar-refractivity contribution in [1.29, 1.82) is 0 Å². The molecular weight excluding hydrogens is 168 g/mol. The third kappa shape index (κ3) is 4.85. The fourth-order valence-electron chi connectivity index (χ4n) is 0.972. The van der Waals surface area contributed by atoms with Gasteiger partial charge in [0.1, 0.15) is 6.61 Å². The summed E-state index contributed by atoms with van der Waals surface area (Å²) >= 11 is 0. The van der Waals surface area contributed by atoms with E-state index in [1.165, 1.54) is 0 Å². The number of likely N-dealkylation sites (N-methyl/N-ethyl adjacent to an activating group) is 1. The Balaban J connectivity index is 3.79. The largest absolute Gasteiger partial charge is 0.372 e. The maximum atomic E-state index is 11.4. The summed E-state index contributed by atoms with van der Waals surface area (Å²) in [6, 6.07) is 0.193. The topological polar surface area (TPSA) is 55.6 Å². The molecule has 13 heavy (non-hydrogen) atoms. The molecule has 0 spiro atoms. The fourth-order valence-corrected chi connectivity index (χ4v) is 0.972. The molecule has 0 rings (SSSR count). The van der Waals surface area contributed by atoms with Crippen molar-refractivity contribution in [3.63, 3.8) is 0 Å². The van der Waals surface area contributed by atoms with E-state index in [-0.39, 0.29) is 18.6 Å². The van der Waals surface area contributed by atoms with Crippen LogP contribution >= 0.6 is 0 Å². The Hall–Kier alpha value is -0.610. The molecule has 0 fully saturated rings. The first-order chi connectivity index (χ1) is 6.13. The van der Waals surface area contributed by atoms with Crippen LogP contribution in [0.3, 0.4) is 0 Å². The molecule has 0 aromatic carbocycles. The van der Waals surface area contributed by atoms with Gasteiger partial charge in [-0.15, -0.1) is 0 Å². The number of rotatable bonds is 6. The molecule has 0 bridgehead atoms. The van der Waals surface area contributed by atoms with Crippen molar-refractivity contribution < 1.29 is 9.53 Å². The van der Waals surface area contributed by atoms with Crippen molar-refractivity contribution in [1.82, 2.24) is 4.90 Å². The van der Waals surface area contributed by atoms with E-state index in [0.29, 0.717) is 13.2 Å². The molecule has 0 aromatic rings. The van der Waals surface area contributed by atoms with E-state index in [4.69, 9.17) is 10.5 Å². The van der Waals surface area contributed by atoms with Crippen molar-refractivity contribution >= 4 is 5.91 Å². The molecule has 4 nitrogen and oxygen atoms in total. The van der Waals surface area contributed by atoms with E-state index in [9.17, 15) is 4.79 Å². The first kappa shape index (κ1) is 12.4. The third-order valence-electron chi connectivity index (χ3n) is 2.07. The lowest BCUT2D eigenvalue weighted by atomic mass is 10.2. The van der Waals surface area contributed by atoms with E-state index in [2.05, 4.69) is 0 Å². The van der Waals surface area contributed by atoms with Gasteiger partial charge < -0.3 is 15.4 Å². The van der Waals surface area contributed by atoms with Crippen molar-refractivity contribution in [2.24, 2.45) is 5.73 Å². The van der Waals surface area contributed by atoms with Gasteiger partial charge in [-0.2, -0.15) is 0 Å². The zero-order chi connectivity index (χ0) is 10.3. The molecule has 4 heteroatoms. The van der Waals surface area contributed by atoms with Gasteiger partial charge in [-0.25, -0.2) is 0 Å². The Morgan fingerprint density at radius 1 is 1.62 bits per heavy atom. The highest BCUT2D eigenvalue weighted by molar-refractivity contribution is 5.77. The van der Waals surface area contributed by atoms with E-state index >= 15 is 0 Å². The summed E-state index contributed by atoms with van der Waals surface area (Å²) in [5.74, 6) is 0.0165. The van der Waals surface area contributed by atoms with Crippen molar-refractivity contribution in [3.05, 3.63) is 0 Å². The predicted octanol–water partition coefficient (Wildman–Crippen LogP) is 0.219. The molecule has 1 unspecified atom stereocenters. The highest BCUT2D eigenvalue weighted by Crippen LogP contribution is 2.00. The maximum Gasteiger partial charge on any atom is 0.248 e. The van der Waals surface area contributed by atoms with Gasteiger partial charge in [0.05, 0.1) is 0 Å². The summed E-state index contributed by atoms with van der Waals surface area (Å²) in [5, 5.41) is 0. The van der Waals surface area contributed by atoms with Gasteiger partial charge in [-0.05, 0) is 26.8 Å². The summed E-state index contributed by atoms with van der Waals surface area (Å²) in [6.45, 7) is 5.20. The van der Waals surface area contributed by atoms with Crippen LogP contribution in [-0.2, 0) is 9.53 Å². The third-order valence-corrected chi connectivity index (χ3v) is 2.07. The van der Waals surface area contributed by atoms with Gasteiger partial charge >= 0.3 is 0 Å². The monoisotopic (exact) mass is 188 g/mol. The number of ether oxygens (including phenoxy) is 1. The van der Waals surface area contributed by atoms with E-state index < -0.39 is 0 Å². The van der Waals surface area contributed by atoms with Gasteiger partial charge in [-0.3, -0.25) is 4.79 Å². The molecule has 1 atom stereocenters. The number of carbonyl (C=O) groups is 1. The average Bonchev–Trinajstić information content (AvgIpc) is 2.13. The van der Waals surface area contributed by atoms with Crippen LogP contribution in [0.15, 0.2) is 0 Å². The van der Waals surface area contributed by atoms with E-state index in [1.54, 1.807) is 11.9 Å². The highest BCUT2D eigenvalue weighted by Gasteiger charge is 2.14. The van der Waals surface area contributed by atoms with Crippen molar-refractivity contribution in [2.75, 3.05) is 26.8 Å². The molecule has 2 N–H and O–H groups in total. The van der Waals surface area contributed by atoms with Gasteiger partial charge in [0.2, 0.25) is 5.91 Å². The lowest BCUT2D eigenvalue weighted by Gasteiger charge is -2.24. The SMILES string of the molecule is CCOCC(=O)N(C)C(C)CCN. The second-order valence-corrected chi connectivity index (χ2v) is 3.07. The first-order valence-electron chi connectivity index (χ1n) is 4.67. The molecular formula is C9H20N2O2. The highest BCUT2D eigenvalue weighted by atomic mass is 16.5. The zero-order valence-electron chi connectivity index (χ0n) is 8.75. The van der Waals surface area contributed by atoms with E-state index in [1.807, 2.05) is 13.8 Å². The molecule has 0 aliphatic heterocycles. The molecule has 0 aliphatic carbocycles. The van der Waals surface area contributed by atoms with Gasteiger partial charge in [0.25, 0.3) is 0 Å². The molecule has 0 heterocycles. The smallest absolute Gasteiger partial charge is 0.248 e. The molecule has 0 saturated carbocycles. The van der Waals surface area contributed by atoms with Crippen molar-refractivity contribution in [2.45, 2.75) is 26.3 Å². The van der Waals surface area contributed by atoms with Crippen LogP contribution in [0.25, 0.3) is 0 Å². The molecule has 0 aromatic heterocycles. The molecule has 0 aliphatic rings. The molecule has 0 saturated heterocycles. The second-order valence-electron chi connectivity index (χ2n) is 3.07. The summed E-state index contributed by atoms with van der Waals surface area (Å²) in [6.07, 6.45) is 0.828. The minimum absolute atomic E-state index is 0.0165. The number of amides is 1. The van der Waals surface area contributed by atoms with Crippen molar-refractivity contribution in [3.8, 4) is 0 Å². The van der Waals surface area contributed by atoms with Crippen LogP contribution in [-0.4, -0.2) is 43.7 Å². The van der Waals surface area contributed by atoms with Gasteiger partial charge in [-0.1, -0.05) is 0 Å². The number of carbonyl (C=O) groups excluding carboxylic acids is 1. The Kier molecular flexibility index (Phi) is 6.54. The normalized spacial score (nSPS) is 12.6. The summed E-state index contributed by atoms with van der Waals surface area (Å²) in [7, 11) is 1.78. The zero-order valence-corrected chi connectivity index (χ0v) is 8.75.